The van der Waals surface area contributed by atoms with E-state index in [1.165, 1.54) is 12.8 Å². The SMILES string of the molecule is CC1CNC2(CCCC2)CN1c1ccccc1OC(F)F. The number of nitrogens with zero attached hydrogens (tertiary/aromatic N) is 1. The van der Waals surface area contributed by atoms with Gasteiger partial charge < -0.3 is 15.0 Å². The van der Waals surface area contributed by atoms with Crippen molar-refractivity contribution in [1.82, 2.24) is 5.32 Å². The van der Waals surface area contributed by atoms with Crippen LogP contribution in [0.3, 0.4) is 0 Å². The summed E-state index contributed by atoms with van der Waals surface area (Å²) in [5.74, 6) is 0.273. The van der Waals surface area contributed by atoms with Gasteiger partial charge in [0, 0.05) is 24.7 Å². The Hall–Kier alpha value is -1.36. The maximum absolute atomic E-state index is 12.6. The molecule has 1 heterocycles. The predicted molar refractivity (Wildman–Crippen MR) is 79.1 cm³/mol. The van der Waals surface area contributed by atoms with E-state index in [9.17, 15) is 8.78 Å². The summed E-state index contributed by atoms with van der Waals surface area (Å²) < 4.78 is 29.9. The van der Waals surface area contributed by atoms with Gasteiger partial charge in [0.15, 0.2) is 0 Å². The molecule has 1 saturated heterocycles. The predicted octanol–water partition coefficient (Wildman–Crippen LogP) is 3.40. The van der Waals surface area contributed by atoms with Crippen molar-refractivity contribution in [1.29, 1.82) is 0 Å². The van der Waals surface area contributed by atoms with E-state index in [0.29, 0.717) is 0 Å². The molecule has 3 rings (SSSR count). The number of anilines is 1. The minimum Gasteiger partial charge on any atom is -0.433 e. The van der Waals surface area contributed by atoms with E-state index < -0.39 is 6.61 Å². The Kier molecular flexibility index (Phi) is 4.02. The summed E-state index contributed by atoms with van der Waals surface area (Å²) in [5.41, 5.74) is 0.919. The van der Waals surface area contributed by atoms with E-state index in [2.05, 4.69) is 17.1 Å². The van der Waals surface area contributed by atoms with Crippen molar-refractivity contribution in [3.05, 3.63) is 24.3 Å². The average molecular weight is 296 g/mol. The van der Waals surface area contributed by atoms with Crippen molar-refractivity contribution < 1.29 is 13.5 Å². The Morgan fingerprint density at radius 3 is 2.71 bits per heavy atom. The van der Waals surface area contributed by atoms with Crippen molar-refractivity contribution in [2.45, 2.75) is 50.8 Å². The number of ether oxygens (including phenoxy) is 1. The zero-order valence-corrected chi connectivity index (χ0v) is 12.3. The Bertz CT molecular complexity index is 489. The fraction of sp³-hybridized carbons (Fsp3) is 0.625. The molecule has 0 amide bonds. The van der Waals surface area contributed by atoms with Crippen molar-refractivity contribution in [2.75, 3.05) is 18.0 Å². The highest BCUT2D eigenvalue weighted by atomic mass is 19.3. The van der Waals surface area contributed by atoms with Gasteiger partial charge in [0.25, 0.3) is 0 Å². The quantitative estimate of drug-likeness (QED) is 0.925. The number of piperazine rings is 1. The standard InChI is InChI=1S/C16H22F2N2O/c1-12-10-19-16(8-4-5-9-16)11-20(12)13-6-2-3-7-14(13)21-15(17)18/h2-3,6-7,12,15,19H,4-5,8-11H2,1H3. The maximum Gasteiger partial charge on any atom is 0.387 e. The molecule has 2 fully saturated rings. The molecule has 0 radical (unpaired) electrons. The number of alkyl halides is 2. The van der Waals surface area contributed by atoms with Crippen LogP contribution in [0.1, 0.15) is 32.6 Å². The van der Waals surface area contributed by atoms with Crippen LogP contribution < -0.4 is 15.0 Å². The zero-order valence-electron chi connectivity index (χ0n) is 12.3. The molecule has 0 bridgehead atoms. The van der Waals surface area contributed by atoms with Gasteiger partial charge in [-0.3, -0.25) is 0 Å². The number of hydrogen-bond acceptors (Lipinski definition) is 3. The first-order valence-corrected chi connectivity index (χ1v) is 7.65. The van der Waals surface area contributed by atoms with E-state index in [4.69, 9.17) is 4.74 Å². The third-order valence-electron chi connectivity index (χ3n) is 4.73. The Labute approximate surface area is 124 Å². The second-order valence-electron chi connectivity index (χ2n) is 6.19. The molecule has 116 valence electrons. The van der Waals surface area contributed by atoms with Gasteiger partial charge in [0.1, 0.15) is 5.75 Å². The minimum atomic E-state index is -2.79. The zero-order chi connectivity index (χ0) is 14.9. The summed E-state index contributed by atoms with van der Waals surface area (Å²) in [6.07, 6.45) is 4.80. The fourth-order valence-corrected chi connectivity index (χ4v) is 3.61. The van der Waals surface area contributed by atoms with Crippen LogP contribution in [-0.2, 0) is 0 Å². The van der Waals surface area contributed by atoms with E-state index >= 15 is 0 Å². The molecular formula is C16H22F2N2O. The molecule has 1 aliphatic heterocycles. The van der Waals surface area contributed by atoms with Gasteiger partial charge in [-0.2, -0.15) is 8.78 Å². The van der Waals surface area contributed by atoms with Gasteiger partial charge in [-0.05, 0) is 31.9 Å². The number of halogens is 2. The first-order valence-electron chi connectivity index (χ1n) is 7.65. The molecule has 1 atom stereocenters. The van der Waals surface area contributed by atoms with Crippen LogP contribution in [0.4, 0.5) is 14.5 Å². The van der Waals surface area contributed by atoms with Crippen LogP contribution in [0.15, 0.2) is 24.3 Å². The minimum absolute atomic E-state index is 0.143. The average Bonchev–Trinajstić information content (AvgIpc) is 2.90. The molecule has 1 aromatic carbocycles. The van der Waals surface area contributed by atoms with Crippen molar-refractivity contribution in [3.8, 4) is 5.75 Å². The monoisotopic (exact) mass is 296 g/mol. The van der Waals surface area contributed by atoms with Crippen LogP contribution in [0.2, 0.25) is 0 Å². The van der Waals surface area contributed by atoms with Crippen molar-refractivity contribution in [3.63, 3.8) is 0 Å². The van der Waals surface area contributed by atoms with Crippen LogP contribution in [0.5, 0.6) is 5.75 Å². The van der Waals surface area contributed by atoms with E-state index in [1.807, 2.05) is 12.1 Å². The highest BCUT2D eigenvalue weighted by molar-refractivity contribution is 5.60. The Balaban J connectivity index is 1.87. The molecule has 1 unspecified atom stereocenters. The number of rotatable bonds is 3. The summed E-state index contributed by atoms with van der Waals surface area (Å²) in [6, 6.07) is 7.38. The smallest absolute Gasteiger partial charge is 0.387 e. The molecule has 5 heteroatoms. The van der Waals surface area contributed by atoms with Crippen molar-refractivity contribution in [2.24, 2.45) is 0 Å². The summed E-state index contributed by atoms with van der Waals surface area (Å²) >= 11 is 0. The normalized spacial score (nSPS) is 24.8. The summed E-state index contributed by atoms with van der Waals surface area (Å²) in [6.45, 7) is 1.07. The third kappa shape index (κ3) is 2.98. The molecule has 1 aliphatic carbocycles. The number of nitrogens with one attached hydrogen (secondary N) is 1. The van der Waals surface area contributed by atoms with Gasteiger partial charge in [-0.25, -0.2) is 0 Å². The molecule has 1 N–H and O–H groups in total. The molecular weight excluding hydrogens is 274 g/mol. The van der Waals surface area contributed by atoms with Gasteiger partial charge >= 0.3 is 6.61 Å². The van der Waals surface area contributed by atoms with Crippen LogP contribution in [0.25, 0.3) is 0 Å². The topological polar surface area (TPSA) is 24.5 Å². The first kappa shape index (κ1) is 14.6. The molecule has 0 aromatic heterocycles. The lowest BCUT2D eigenvalue weighted by molar-refractivity contribution is -0.0496. The lowest BCUT2D eigenvalue weighted by Crippen LogP contribution is -2.62. The molecule has 1 aromatic rings. The number of benzene rings is 1. The molecule has 21 heavy (non-hydrogen) atoms. The summed E-state index contributed by atoms with van der Waals surface area (Å²) in [7, 11) is 0. The van der Waals surface area contributed by atoms with Crippen LogP contribution in [0, 0.1) is 0 Å². The van der Waals surface area contributed by atoms with Crippen LogP contribution >= 0.6 is 0 Å². The van der Waals surface area contributed by atoms with Gasteiger partial charge in [0.2, 0.25) is 0 Å². The lowest BCUT2D eigenvalue weighted by atomic mass is 9.92. The summed E-state index contributed by atoms with van der Waals surface area (Å²) in [5, 5.41) is 3.67. The van der Waals surface area contributed by atoms with Gasteiger partial charge in [-0.1, -0.05) is 25.0 Å². The van der Waals surface area contributed by atoms with Gasteiger partial charge in [-0.15, -0.1) is 0 Å². The highest BCUT2D eigenvalue weighted by Gasteiger charge is 2.40. The maximum atomic E-state index is 12.6. The second kappa shape index (κ2) is 5.79. The molecule has 2 aliphatic rings. The molecule has 1 saturated carbocycles. The van der Waals surface area contributed by atoms with E-state index in [1.54, 1.807) is 12.1 Å². The highest BCUT2D eigenvalue weighted by Crippen LogP contribution is 2.38. The van der Waals surface area contributed by atoms with Crippen molar-refractivity contribution >= 4 is 5.69 Å². The van der Waals surface area contributed by atoms with Crippen LogP contribution in [-0.4, -0.2) is 31.3 Å². The second-order valence-corrected chi connectivity index (χ2v) is 6.19. The molecule has 1 spiro atoms. The largest absolute Gasteiger partial charge is 0.433 e. The Morgan fingerprint density at radius 1 is 1.29 bits per heavy atom. The molecule has 3 nitrogen and oxygen atoms in total. The van der Waals surface area contributed by atoms with Gasteiger partial charge in [0.05, 0.1) is 5.69 Å². The lowest BCUT2D eigenvalue weighted by Gasteiger charge is -2.46. The Morgan fingerprint density at radius 2 is 2.00 bits per heavy atom. The fourth-order valence-electron chi connectivity index (χ4n) is 3.61. The number of hydrogen-bond donors (Lipinski definition) is 1. The number of para-hydroxylation sites is 2. The van der Waals surface area contributed by atoms with E-state index in [-0.39, 0.29) is 17.3 Å². The third-order valence-corrected chi connectivity index (χ3v) is 4.73. The summed E-state index contributed by atoms with van der Waals surface area (Å²) in [4.78, 5) is 2.22. The van der Waals surface area contributed by atoms with E-state index in [0.717, 1.165) is 31.6 Å². The first-order chi connectivity index (χ1) is 10.1.